The Bertz CT molecular complexity index is 267. The molecule has 0 spiro atoms. The first-order valence-corrected chi connectivity index (χ1v) is 5.06. The molecule has 0 atom stereocenters. The molecule has 86 valence electrons. The molecule has 5 heteroatoms. The number of aliphatic hydroxyl groups is 1. The summed E-state index contributed by atoms with van der Waals surface area (Å²) >= 11 is 0. The van der Waals surface area contributed by atoms with E-state index in [1.54, 1.807) is 0 Å². The minimum absolute atomic E-state index is 0.0733. The molecule has 2 N–H and O–H groups in total. The molecule has 0 saturated carbocycles. The van der Waals surface area contributed by atoms with Crippen molar-refractivity contribution in [3.63, 3.8) is 0 Å². The second-order valence-electron chi connectivity index (χ2n) is 3.32. The van der Waals surface area contributed by atoms with E-state index in [9.17, 15) is 0 Å². The molecule has 0 amide bonds. The first-order chi connectivity index (χ1) is 7.25. The second-order valence-corrected chi connectivity index (χ2v) is 3.32. The van der Waals surface area contributed by atoms with E-state index in [-0.39, 0.29) is 6.61 Å². The summed E-state index contributed by atoms with van der Waals surface area (Å²) in [5.74, 6) is 0.858. The van der Waals surface area contributed by atoms with Crippen LogP contribution in [0.5, 0.6) is 0 Å². The van der Waals surface area contributed by atoms with Crippen molar-refractivity contribution in [1.29, 1.82) is 0 Å². The average Bonchev–Trinajstić information content (AvgIpc) is 2.54. The molecule has 0 aromatic carbocycles. The monoisotopic (exact) mass is 214 g/mol. The highest BCUT2D eigenvalue weighted by molar-refractivity contribution is 5.20. The average molecular weight is 214 g/mol. The summed E-state index contributed by atoms with van der Waals surface area (Å²) in [5.41, 5.74) is 2.04. The lowest BCUT2D eigenvalue weighted by Gasteiger charge is -2.04. The van der Waals surface area contributed by atoms with Crippen molar-refractivity contribution in [3.8, 4) is 0 Å². The maximum Gasteiger partial charge on any atom is 0.138 e. The molecule has 0 aliphatic heterocycles. The Labute approximate surface area is 89.4 Å². The van der Waals surface area contributed by atoms with E-state index in [2.05, 4.69) is 10.5 Å². The molecule has 0 aliphatic carbocycles. The summed E-state index contributed by atoms with van der Waals surface area (Å²) in [5, 5.41) is 15.6. The number of ether oxygens (including phenoxy) is 1. The first kappa shape index (κ1) is 12.2. The lowest BCUT2D eigenvalue weighted by molar-refractivity contribution is 0.0938. The molecule has 1 aromatic heterocycles. The predicted octanol–water partition coefficient (Wildman–Crippen LogP) is 0.390. The molecular formula is C10H18N2O3. The van der Waals surface area contributed by atoms with Crippen molar-refractivity contribution in [2.24, 2.45) is 0 Å². The van der Waals surface area contributed by atoms with E-state index >= 15 is 0 Å². The number of aryl methyl sites for hydroxylation is 2. The Kier molecular flexibility index (Phi) is 5.31. The van der Waals surface area contributed by atoms with Gasteiger partial charge in [0.15, 0.2) is 0 Å². The fourth-order valence-corrected chi connectivity index (χ4v) is 1.28. The zero-order valence-electron chi connectivity index (χ0n) is 9.25. The van der Waals surface area contributed by atoms with E-state index < -0.39 is 0 Å². The van der Waals surface area contributed by atoms with Crippen LogP contribution in [0.4, 0.5) is 0 Å². The molecular weight excluding hydrogens is 196 g/mol. The van der Waals surface area contributed by atoms with Crippen molar-refractivity contribution in [1.82, 2.24) is 10.5 Å². The maximum atomic E-state index is 8.48. The fraction of sp³-hybridized carbons (Fsp3) is 0.700. The SMILES string of the molecule is Cc1noc(C)c1CNCCOCCO. The van der Waals surface area contributed by atoms with E-state index in [0.717, 1.165) is 30.1 Å². The summed E-state index contributed by atoms with van der Waals surface area (Å²) < 4.78 is 10.1. The van der Waals surface area contributed by atoms with Gasteiger partial charge in [0.25, 0.3) is 0 Å². The van der Waals surface area contributed by atoms with Gasteiger partial charge in [0, 0.05) is 18.7 Å². The van der Waals surface area contributed by atoms with Gasteiger partial charge in [-0.25, -0.2) is 0 Å². The summed E-state index contributed by atoms with van der Waals surface area (Å²) in [7, 11) is 0. The van der Waals surface area contributed by atoms with E-state index in [0.29, 0.717) is 13.2 Å². The minimum Gasteiger partial charge on any atom is -0.394 e. The van der Waals surface area contributed by atoms with Crippen LogP contribution in [-0.4, -0.2) is 36.6 Å². The van der Waals surface area contributed by atoms with E-state index in [1.807, 2.05) is 13.8 Å². The summed E-state index contributed by atoms with van der Waals surface area (Å²) in [4.78, 5) is 0. The number of hydrogen-bond acceptors (Lipinski definition) is 5. The molecule has 1 rings (SSSR count). The smallest absolute Gasteiger partial charge is 0.138 e. The van der Waals surface area contributed by atoms with Crippen LogP contribution in [0.15, 0.2) is 4.52 Å². The van der Waals surface area contributed by atoms with Crippen LogP contribution < -0.4 is 5.32 Å². The summed E-state index contributed by atoms with van der Waals surface area (Å²) in [6, 6.07) is 0. The van der Waals surface area contributed by atoms with Crippen LogP contribution in [0, 0.1) is 13.8 Å². The molecule has 0 radical (unpaired) electrons. The zero-order chi connectivity index (χ0) is 11.1. The predicted molar refractivity (Wildman–Crippen MR) is 55.6 cm³/mol. The molecule has 1 heterocycles. The molecule has 5 nitrogen and oxygen atoms in total. The number of nitrogens with one attached hydrogen (secondary N) is 1. The molecule has 0 fully saturated rings. The van der Waals surface area contributed by atoms with Gasteiger partial charge < -0.3 is 19.7 Å². The largest absolute Gasteiger partial charge is 0.394 e. The second kappa shape index (κ2) is 6.55. The lowest BCUT2D eigenvalue weighted by atomic mass is 10.2. The molecule has 0 saturated heterocycles. The lowest BCUT2D eigenvalue weighted by Crippen LogP contribution is -2.20. The van der Waals surface area contributed by atoms with Gasteiger partial charge in [-0.3, -0.25) is 0 Å². The molecule has 0 unspecified atom stereocenters. The van der Waals surface area contributed by atoms with Crippen molar-refractivity contribution in [2.75, 3.05) is 26.4 Å². The molecule has 0 bridgehead atoms. The Hall–Kier alpha value is -0.910. The number of rotatable bonds is 7. The van der Waals surface area contributed by atoms with Crippen molar-refractivity contribution in [2.45, 2.75) is 20.4 Å². The molecule has 1 aromatic rings. The van der Waals surface area contributed by atoms with Crippen LogP contribution in [-0.2, 0) is 11.3 Å². The number of hydrogen-bond donors (Lipinski definition) is 2. The summed E-state index contributed by atoms with van der Waals surface area (Å²) in [6.45, 7) is 6.39. The standard InChI is InChI=1S/C10H18N2O3/c1-8-10(9(2)15-12-8)7-11-3-5-14-6-4-13/h11,13H,3-7H2,1-2H3. The van der Waals surface area contributed by atoms with Gasteiger partial charge in [0.05, 0.1) is 25.5 Å². The third kappa shape index (κ3) is 3.99. The third-order valence-electron chi connectivity index (χ3n) is 2.14. The van der Waals surface area contributed by atoms with Gasteiger partial charge in [0.2, 0.25) is 0 Å². The van der Waals surface area contributed by atoms with Crippen LogP contribution in [0.1, 0.15) is 17.0 Å². The first-order valence-electron chi connectivity index (χ1n) is 5.06. The highest BCUT2D eigenvalue weighted by Crippen LogP contribution is 2.10. The van der Waals surface area contributed by atoms with Gasteiger partial charge in [-0.15, -0.1) is 0 Å². The van der Waals surface area contributed by atoms with E-state index in [4.69, 9.17) is 14.4 Å². The van der Waals surface area contributed by atoms with Gasteiger partial charge >= 0.3 is 0 Å². The Morgan fingerprint density at radius 3 is 2.80 bits per heavy atom. The van der Waals surface area contributed by atoms with Gasteiger partial charge in [0.1, 0.15) is 5.76 Å². The van der Waals surface area contributed by atoms with Gasteiger partial charge in [-0.2, -0.15) is 0 Å². The Morgan fingerprint density at radius 1 is 1.40 bits per heavy atom. The number of aliphatic hydroxyl groups excluding tert-OH is 1. The van der Waals surface area contributed by atoms with Crippen molar-refractivity contribution < 1.29 is 14.4 Å². The van der Waals surface area contributed by atoms with Gasteiger partial charge in [-0.05, 0) is 13.8 Å². The fourth-order valence-electron chi connectivity index (χ4n) is 1.28. The quantitative estimate of drug-likeness (QED) is 0.643. The molecule has 15 heavy (non-hydrogen) atoms. The molecule has 0 aliphatic rings. The van der Waals surface area contributed by atoms with Crippen LogP contribution >= 0.6 is 0 Å². The zero-order valence-corrected chi connectivity index (χ0v) is 9.25. The Balaban J connectivity index is 2.15. The summed E-state index contributed by atoms with van der Waals surface area (Å²) in [6.07, 6.45) is 0. The maximum absolute atomic E-state index is 8.48. The van der Waals surface area contributed by atoms with Crippen LogP contribution in [0.3, 0.4) is 0 Å². The van der Waals surface area contributed by atoms with Gasteiger partial charge in [-0.1, -0.05) is 5.16 Å². The van der Waals surface area contributed by atoms with Crippen LogP contribution in [0.2, 0.25) is 0 Å². The Morgan fingerprint density at radius 2 is 2.20 bits per heavy atom. The van der Waals surface area contributed by atoms with Crippen molar-refractivity contribution in [3.05, 3.63) is 17.0 Å². The minimum atomic E-state index is 0.0733. The van der Waals surface area contributed by atoms with E-state index in [1.165, 1.54) is 0 Å². The highest BCUT2D eigenvalue weighted by atomic mass is 16.5. The van der Waals surface area contributed by atoms with Crippen LogP contribution in [0.25, 0.3) is 0 Å². The third-order valence-corrected chi connectivity index (χ3v) is 2.14. The normalized spacial score (nSPS) is 10.9. The topological polar surface area (TPSA) is 67.5 Å². The van der Waals surface area contributed by atoms with Crippen molar-refractivity contribution >= 4 is 0 Å². The number of nitrogens with zero attached hydrogens (tertiary/aromatic N) is 1. The number of aromatic nitrogens is 1. The highest BCUT2D eigenvalue weighted by Gasteiger charge is 2.07.